The molecule has 0 bridgehead atoms. The van der Waals surface area contributed by atoms with Crippen LogP contribution in [0, 0.1) is 0 Å². The molecule has 0 saturated carbocycles. The first-order valence-corrected chi connectivity index (χ1v) is 8.35. The lowest BCUT2D eigenvalue weighted by molar-refractivity contribution is 0.0515. The Labute approximate surface area is 155 Å². The van der Waals surface area contributed by atoms with E-state index in [-0.39, 0.29) is 35.7 Å². The van der Waals surface area contributed by atoms with E-state index in [2.05, 4.69) is 0 Å². The van der Waals surface area contributed by atoms with Gasteiger partial charge in [0.25, 0.3) is 0 Å². The smallest absolute Gasteiger partial charge is 0.356 e. The molecule has 0 amide bonds. The van der Waals surface area contributed by atoms with Crippen molar-refractivity contribution in [1.29, 1.82) is 0 Å². The van der Waals surface area contributed by atoms with Crippen LogP contribution in [-0.4, -0.2) is 32.5 Å². The Hall–Kier alpha value is -1.57. The predicted octanol–water partition coefficient (Wildman–Crippen LogP) is 2.65. The lowest BCUT2D eigenvalue weighted by atomic mass is 9.93. The number of carbonyl (C=O) groups is 1. The van der Waals surface area contributed by atoms with Gasteiger partial charge in [0.2, 0.25) is 0 Å². The molecule has 0 aliphatic rings. The number of aromatic nitrogens is 1. The molecule has 2 rings (SSSR count). The predicted molar refractivity (Wildman–Crippen MR) is 94.6 cm³/mol. The molecule has 136 valence electrons. The van der Waals surface area contributed by atoms with E-state index < -0.39 is 12.6 Å². The Morgan fingerprint density at radius 2 is 1.76 bits per heavy atom. The van der Waals surface area contributed by atoms with Crippen molar-refractivity contribution < 1.29 is 24.9 Å². The summed E-state index contributed by atoms with van der Waals surface area (Å²) in [4.78, 5) is 12.2. The van der Waals surface area contributed by atoms with Crippen LogP contribution in [0.3, 0.4) is 0 Å². The van der Waals surface area contributed by atoms with Crippen LogP contribution < -0.4 is 0 Å². The van der Waals surface area contributed by atoms with E-state index in [9.17, 15) is 20.1 Å². The lowest BCUT2D eigenvalue weighted by Gasteiger charge is -2.15. The van der Waals surface area contributed by atoms with E-state index in [1.807, 2.05) is 0 Å². The second-order valence-electron chi connectivity index (χ2n) is 5.31. The number of aliphatic hydroxyl groups excluding tert-OH is 3. The Kier molecular flexibility index (Phi) is 6.48. The third-order valence-corrected chi connectivity index (χ3v) is 4.83. The Morgan fingerprint density at radius 1 is 1.12 bits per heavy atom. The zero-order valence-electron chi connectivity index (χ0n) is 13.8. The minimum absolute atomic E-state index is 0.0984. The van der Waals surface area contributed by atoms with Gasteiger partial charge in [-0.3, -0.25) is 0 Å². The maximum absolute atomic E-state index is 12.2. The monoisotopic (exact) mass is 387 g/mol. The minimum atomic E-state index is -0.608. The first-order valence-electron chi connectivity index (χ1n) is 7.60. The maximum Gasteiger partial charge on any atom is 0.356 e. The van der Waals surface area contributed by atoms with Gasteiger partial charge in [0.15, 0.2) is 0 Å². The molecule has 0 radical (unpaired) electrons. The Bertz CT molecular complexity index is 801. The molecule has 8 heteroatoms. The highest BCUT2D eigenvalue weighted by Gasteiger charge is 2.27. The summed E-state index contributed by atoms with van der Waals surface area (Å²) in [6.07, 6.45) is 0. The van der Waals surface area contributed by atoms with E-state index in [1.165, 1.54) is 4.57 Å². The van der Waals surface area contributed by atoms with E-state index in [0.717, 1.165) is 0 Å². The van der Waals surface area contributed by atoms with Crippen LogP contribution in [0.1, 0.15) is 34.1 Å². The van der Waals surface area contributed by atoms with Crippen molar-refractivity contribution in [3.8, 4) is 11.1 Å². The van der Waals surface area contributed by atoms with Gasteiger partial charge in [-0.25, -0.2) is 4.79 Å². The van der Waals surface area contributed by atoms with Crippen LogP contribution in [-0.2, 0) is 31.6 Å². The van der Waals surface area contributed by atoms with Gasteiger partial charge in [0.05, 0.1) is 31.5 Å². The summed E-state index contributed by atoms with van der Waals surface area (Å²) in [5.41, 5.74) is 2.21. The highest BCUT2D eigenvalue weighted by Crippen LogP contribution is 2.42. The molecule has 0 fully saturated rings. The van der Waals surface area contributed by atoms with Crippen LogP contribution in [0.25, 0.3) is 11.1 Å². The highest BCUT2D eigenvalue weighted by atomic mass is 35.5. The molecule has 0 aliphatic heterocycles. The summed E-state index contributed by atoms with van der Waals surface area (Å²) in [6, 6.07) is 3.25. The molecular weight excluding hydrogens is 369 g/mol. The average Bonchev–Trinajstić information content (AvgIpc) is 2.82. The Morgan fingerprint density at radius 3 is 2.28 bits per heavy atom. The van der Waals surface area contributed by atoms with Crippen LogP contribution in [0.4, 0.5) is 0 Å². The maximum atomic E-state index is 12.2. The van der Waals surface area contributed by atoms with E-state index >= 15 is 0 Å². The number of ether oxygens (including phenoxy) is 1. The van der Waals surface area contributed by atoms with Crippen molar-refractivity contribution in [2.24, 2.45) is 7.05 Å². The number of rotatable bonds is 6. The van der Waals surface area contributed by atoms with Crippen LogP contribution >= 0.6 is 23.2 Å². The second kappa shape index (κ2) is 8.21. The SMILES string of the molecule is CCOC(=O)c1c(Cl)c(-c2ccc(CO)c(CO)c2CO)c(Cl)n1C. The second-order valence-corrected chi connectivity index (χ2v) is 6.05. The molecule has 2 aromatic rings. The molecule has 1 aromatic heterocycles. The first-order chi connectivity index (χ1) is 11.9. The van der Waals surface area contributed by atoms with E-state index in [4.69, 9.17) is 27.9 Å². The van der Waals surface area contributed by atoms with Crippen LogP contribution in [0.15, 0.2) is 12.1 Å². The molecule has 1 heterocycles. The summed E-state index contributed by atoms with van der Waals surface area (Å²) in [6.45, 7) is 0.826. The van der Waals surface area contributed by atoms with Gasteiger partial charge in [-0.1, -0.05) is 35.3 Å². The van der Waals surface area contributed by atoms with Crippen molar-refractivity contribution in [1.82, 2.24) is 4.57 Å². The standard InChI is InChI=1S/C17H19Cl2NO5/c1-3-25-17(24)15-14(18)13(16(19)20(15)2)10-5-4-9(6-21)11(7-22)12(10)8-23/h4-5,21-23H,3,6-8H2,1-2H3. The minimum Gasteiger partial charge on any atom is -0.461 e. The molecule has 0 aliphatic carbocycles. The number of esters is 1. The number of hydrogen-bond acceptors (Lipinski definition) is 5. The van der Waals surface area contributed by atoms with Crippen molar-refractivity contribution in [2.45, 2.75) is 26.7 Å². The number of benzene rings is 1. The van der Waals surface area contributed by atoms with E-state index in [1.54, 1.807) is 26.1 Å². The summed E-state index contributed by atoms with van der Waals surface area (Å²) >= 11 is 12.8. The summed E-state index contributed by atoms with van der Waals surface area (Å²) in [7, 11) is 1.58. The van der Waals surface area contributed by atoms with Gasteiger partial charge in [-0.05, 0) is 29.2 Å². The number of nitrogens with zero attached hydrogens (tertiary/aromatic N) is 1. The van der Waals surface area contributed by atoms with Crippen molar-refractivity contribution in [3.63, 3.8) is 0 Å². The van der Waals surface area contributed by atoms with Crippen molar-refractivity contribution in [2.75, 3.05) is 6.61 Å². The first kappa shape index (κ1) is 19.8. The zero-order valence-corrected chi connectivity index (χ0v) is 15.4. The molecule has 0 saturated heterocycles. The lowest BCUT2D eigenvalue weighted by Crippen LogP contribution is -2.10. The van der Waals surface area contributed by atoms with Crippen LogP contribution in [0.5, 0.6) is 0 Å². The number of hydrogen-bond donors (Lipinski definition) is 3. The molecule has 3 N–H and O–H groups in total. The Balaban J connectivity index is 2.76. The van der Waals surface area contributed by atoms with Gasteiger partial charge < -0.3 is 24.6 Å². The summed E-state index contributed by atoms with van der Waals surface area (Å²) in [5, 5.41) is 29.1. The molecule has 0 spiro atoms. The van der Waals surface area contributed by atoms with Gasteiger partial charge in [0, 0.05) is 12.6 Å². The number of aliphatic hydroxyl groups is 3. The highest BCUT2D eigenvalue weighted by molar-refractivity contribution is 6.41. The molecular formula is C17H19Cl2NO5. The summed E-state index contributed by atoms with van der Waals surface area (Å²) in [5.74, 6) is -0.608. The molecule has 6 nitrogen and oxygen atoms in total. The van der Waals surface area contributed by atoms with Crippen molar-refractivity contribution in [3.05, 3.63) is 44.7 Å². The van der Waals surface area contributed by atoms with Gasteiger partial charge >= 0.3 is 5.97 Å². The number of carbonyl (C=O) groups excluding carboxylic acids is 1. The largest absolute Gasteiger partial charge is 0.461 e. The topological polar surface area (TPSA) is 91.9 Å². The zero-order chi connectivity index (χ0) is 18.7. The number of halogens is 2. The third-order valence-electron chi connectivity index (χ3n) is 4.02. The fourth-order valence-electron chi connectivity index (χ4n) is 2.78. The fourth-order valence-corrected chi connectivity index (χ4v) is 3.50. The van der Waals surface area contributed by atoms with Gasteiger partial charge in [-0.15, -0.1) is 0 Å². The van der Waals surface area contributed by atoms with Gasteiger partial charge in [-0.2, -0.15) is 0 Å². The molecule has 25 heavy (non-hydrogen) atoms. The van der Waals surface area contributed by atoms with Crippen LogP contribution in [0.2, 0.25) is 10.2 Å². The summed E-state index contributed by atoms with van der Waals surface area (Å²) < 4.78 is 6.42. The average molecular weight is 388 g/mol. The van der Waals surface area contributed by atoms with Gasteiger partial charge in [0.1, 0.15) is 10.8 Å². The molecule has 0 unspecified atom stereocenters. The fraction of sp³-hybridized carbons (Fsp3) is 0.353. The van der Waals surface area contributed by atoms with Crippen molar-refractivity contribution >= 4 is 29.2 Å². The molecule has 0 atom stereocenters. The molecule has 1 aromatic carbocycles. The normalized spacial score (nSPS) is 11.0. The third kappa shape index (κ3) is 3.41. The van der Waals surface area contributed by atoms with E-state index in [0.29, 0.717) is 27.8 Å². The quantitative estimate of drug-likeness (QED) is 0.662.